The minimum Gasteiger partial charge on any atom is -0.310 e. The van der Waals surface area contributed by atoms with Crippen LogP contribution in [0, 0.1) is 0 Å². The molecule has 0 aliphatic heterocycles. The lowest BCUT2D eigenvalue weighted by molar-refractivity contribution is 0.590. The van der Waals surface area contributed by atoms with Crippen LogP contribution < -0.4 is 4.90 Å². The Labute approximate surface area is 399 Å². The second kappa shape index (κ2) is 15.9. The summed E-state index contributed by atoms with van der Waals surface area (Å²) < 4.78 is 2.52. The van der Waals surface area contributed by atoms with Gasteiger partial charge in [0.05, 0.1) is 22.4 Å². The minimum atomic E-state index is 0.0265. The number of benzene rings is 11. The Hall–Kier alpha value is -7.94. The van der Waals surface area contributed by atoms with E-state index in [-0.39, 0.29) is 10.8 Å². The van der Waals surface area contributed by atoms with Gasteiger partial charge in [-0.25, -0.2) is 0 Å². The van der Waals surface area contributed by atoms with Gasteiger partial charge in [-0.3, -0.25) is 0 Å². The molecule has 68 heavy (non-hydrogen) atoms. The second-order valence-corrected chi connectivity index (χ2v) is 20.6. The van der Waals surface area contributed by atoms with Gasteiger partial charge in [0.2, 0.25) is 0 Å². The molecule has 0 spiro atoms. The standard InChI is InChI=1S/C66H54N2/c1-65(2,3)51-28-36-61-57(41-51)58-42-52(66(4,5)6)29-37-62(58)68(61)60-35-27-48-24-32-55-59(34-26-47-25-33-56(60)64(48)63(47)55)67(53-30-22-46(23-31-53)43-16-10-7-11-17-43)54-39-49(44-18-12-8-13-19-44)38-50(40-54)45-20-14-9-15-21-45/h7-42H,1-6H3. The average molecular weight is 875 g/mol. The maximum absolute atomic E-state index is 2.52. The van der Waals surface area contributed by atoms with Gasteiger partial charge >= 0.3 is 0 Å². The molecule has 0 bridgehead atoms. The molecule has 0 amide bonds. The number of nitrogens with zero attached hydrogens (tertiary/aromatic N) is 2. The molecule has 0 saturated heterocycles. The highest BCUT2D eigenvalue weighted by molar-refractivity contribution is 6.27. The summed E-state index contributed by atoms with van der Waals surface area (Å²) in [5.74, 6) is 0. The zero-order valence-electron chi connectivity index (χ0n) is 39.7. The summed E-state index contributed by atoms with van der Waals surface area (Å²) in [6.45, 7) is 13.9. The van der Waals surface area contributed by atoms with Crippen molar-refractivity contribution in [2.24, 2.45) is 0 Å². The molecule has 2 heteroatoms. The van der Waals surface area contributed by atoms with Crippen LogP contribution in [0.3, 0.4) is 0 Å². The monoisotopic (exact) mass is 874 g/mol. The van der Waals surface area contributed by atoms with Crippen molar-refractivity contribution in [3.05, 3.63) is 230 Å². The van der Waals surface area contributed by atoms with Crippen LogP contribution in [-0.4, -0.2) is 4.57 Å². The molecule has 0 aliphatic rings. The molecule has 0 unspecified atom stereocenters. The molecule has 328 valence electrons. The van der Waals surface area contributed by atoms with Gasteiger partial charge in [-0.2, -0.15) is 0 Å². The van der Waals surface area contributed by atoms with Gasteiger partial charge in [-0.1, -0.05) is 193 Å². The van der Waals surface area contributed by atoms with Crippen molar-refractivity contribution in [1.82, 2.24) is 4.57 Å². The van der Waals surface area contributed by atoms with Crippen LogP contribution in [0.5, 0.6) is 0 Å². The highest BCUT2D eigenvalue weighted by atomic mass is 15.1. The lowest BCUT2D eigenvalue weighted by Gasteiger charge is -2.29. The van der Waals surface area contributed by atoms with E-state index < -0.39 is 0 Å². The molecule has 11 aromatic carbocycles. The third-order valence-electron chi connectivity index (χ3n) is 14.2. The van der Waals surface area contributed by atoms with Gasteiger partial charge in [0.1, 0.15) is 0 Å². The van der Waals surface area contributed by atoms with Crippen LogP contribution in [0.15, 0.2) is 218 Å². The predicted molar refractivity (Wildman–Crippen MR) is 293 cm³/mol. The number of anilines is 3. The first-order valence-electron chi connectivity index (χ1n) is 24.0. The number of hydrogen-bond acceptors (Lipinski definition) is 1. The average Bonchev–Trinajstić information content (AvgIpc) is 3.69. The summed E-state index contributed by atoms with van der Waals surface area (Å²) >= 11 is 0. The van der Waals surface area contributed by atoms with E-state index in [0.29, 0.717) is 0 Å². The van der Waals surface area contributed by atoms with Crippen molar-refractivity contribution in [3.63, 3.8) is 0 Å². The third-order valence-corrected chi connectivity index (χ3v) is 14.2. The zero-order valence-corrected chi connectivity index (χ0v) is 39.7. The fourth-order valence-corrected chi connectivity index (χ4v) is 10.6. The SMILES string of the molecule is CC(C)(C)c1ccc2c(c1)c1cc(C(C)(C)C)ccc1n2-c1ccc2ccc3c(N(c4ccc(-c5ccccc5)cc4)c4cc(-c5ccccc5)cc(-c5ccccc5)c4)ccc4ccc1c2c43. The van der Waals surface area contributed by atoms with Crippen LogP contribution in [0.2, 0.25) is 0 Å². The smallest absolute Gasteiger partial charge is 0.0541 e. The summed E-state index contributed by atoms with van der Waals surface area (Å²) in [5, 5.41) is 10.1. The molecule has 0 radical (unpaired) electrons. The fourth-order valence-electron chi connectivity index (χ4n) is 10.6. The highest BCUT2D eigenvalue weighted by Crippen LogP contribution is 2.48. The van der Waals surface area contributed by atoms with E-state index in [1.54, 1.807) is 0 Å². The van der Waals surface area contributed by atoms with E-state index in [1.165, 1.54) is 104 Å². The minimum absolute atomic E-state index is 0.0265. The molecule has 0 saturated carbocycles. The first-order chi connectivity index (χ1) is 33.0. The molecule has 0 atom stereocenters. The molecule has 1 aromatic heterocycles. The number of fused-ring (bicyclic) bond motifs is 3. The van der Waals surface area contributed by atoms with Crippen molar-refractivity contribution >= 4 is 71.2 Å². The number of hydrogen-bond donors (Lipinski definition) is 0. The molecule has 12 aromatic rings. The summed E-state index contributed by atoms with van der Waals surface area (Å²) in [4.78, 5) is 2.48. The van der Waals surface area contributed by atoms with Gasteiger partial charge in [0, 0.05) is 32.9 Å². The Morgan fingerprint density at radius 1 is 0.324 bits per heavy atom. The van der Waals surface area contributed by atoms with Gasteiger partial charge < -0.3 is 9.47 Å². The second-order valence-electron chi connectivity index (χ2n) is 20.6. The molecular formula is C66H54N2. The first kappa shape index (κ1) is 41.5. The van der Waals surface area contributed by atoms with E-state index in [0.717, 1.165) is 17.1 Å². The summed E-state index contributed by atoms with van der Waals surface area (Å²) in [7, 11) is 0. The van der Waals surface area contributed by atoms with Gasteiger partial charge in [0.25, 0.3) is 0 Å². The van der Waals surface area contributed by atoms with E-state index in [9.17, 15) is 0 Å². The van der Waals surface area contributed by atoms with E-state index in [4.69, 9.17) is 0 Å². The van der Waals surface area contributed by atoms with Gasteiger partial charge in [0.15, 0.2) is 0 Å². The first-order valence-corrected chi connectivity index (χ1v) is 24.0. The Kier molecular flexibility index (Phi) is 9.67. The Morgan fingerprint density at radius 3 is 1.28 bits per heavy atom. The van der Waals surface area contributed by atoms with E-state index in [2.05, 4.69) is 269 Å². The van der Waals surface area contributed by atoms with Crippen molar-refractivity contribution in [3.8, 4) is 39.1 Å². The largest absolute Gasteiger partial charge is 0.310 e. The summed E-state index contributed by atoms with van der Waals surface area (Å²) in [5.41, 5.74) is 16.8. The zero-order chi connectivity index (χ0) is 46.3. The summed E-state index contributed by atoms with van der Waals surface area (Å²) in [6.07, 6.45) is 0. The highest BCUT2D eigenvalue weighted by Gasteiger charge is 2.24. The summed E-state index contributed by atoms with van der Waals surface area (Å²) in [6, 6.07) is 81.4. The fraction of sp³-hybridized carbons (Fsp3) is 0.121. The molecule has 2 nitrogen and oxygen atoms in total. The maximum atomic E-state index is 2.52. The topological polar surface area (TPSA) is 8.17 Å². The molecule has 0 N–H and O–H groups in total. The number of aromatic nitrogens is 1. The van der Waals surface area contributed by atoms with Crippen molar-refractivity contribution < 1.29 is 0 Å². The Balaban J connectivity index is 1.11. The van der Waals surface area contributed by atoms with Crippen LogP contribution in [0.4, 0.5) is 17.1 Å². The van der Waals surface area contributed by atoms with Crippen molar-refractivity contribution in [2.45, 2.75) is 52.4 Å². The quantitative estimate of drug-likeness (QED) is 0.145. The lowest BCUT2D eigenvalue weighted by Crippen LogP contribution is -2.11. The molecule has 0 fully saturated rings. The van der Waals surface area contributed by atoms with Gasteiger partial charge in [-0.15, -0.1) is 0 Å². The predicted octanol–water partition coefficient (Wildman–Crippen LogP) is 18.7. The normalized spacial score (nSPS) is 12.3. The molecule has 1 heterocycles. The van der Waals surface area contributed by atoms with Crippen LogP contribution in [0.1, 0.15) is 52.7 Å². The molecule has 12 rings (SSSR count). The van der Waals surface area contributed by atoms with E-state index in [1.807, 2.05) is 0 Å². The molecular weight excluding hydrogens is 821 g/mol. The lowest BCUT2D eigenvalue weighted by atomic mass is 9.85. The maximum Gasteiger partial charge on any atom is 0.0541 e. The molecule has 0 aliphatic carbocycles. The van der Waals surface area contributed by atoms with Crippen molar-refractivity contribution in [2.75, 3.05) is 4.90 Å². The number of rotatable bonds is 7. The third kappa shape index (κ3) is 7.02. The Morgan fingerprint density at radius 2 is 0.765 bits per heavy atom. The van der Waals surface area contributed by atoms with Crippen LogP contribution >= 0.6 is 0 Å². The van der Waals surface area contributed by atoms with Gasteiger partial charge in [-0.05, 0) is 144 Å². The Bertz CT molecular complexity index is 3700. The van der Waals surface area contributed by atoms with Crippen molar-refractivity contribution in [1.29, 1.82) is 0 Å². The van der Waals surface area contributed by atoms with Crippen LogP contribution in [0.25, 0.3) is 93.2 Å². The van der Waals surface area contributed by atoms with Crippen LogP contribution in [-0.2, 0) is 10.8 Å². The van der Waals surface area contributed by atoms with E-state index >= 15 is 0 Å².